The highest BCUT2D eigenvalue weighted by Gasteiger charge is 2.51. The summed E-state index contributed by atoms with van der Waals surface area (Å²) in [5.41, 5.74) is 2.28. The summed E-state index contributed by atoms with van der Waals surface area (Å²) in [6, 6.07) is 5.83. The first-order valence-electron chi connectivity index (χ1n) is 9.00. The lowest BCUT2D eigenvalue weighted by molar-refractivity contribution is -0.124. The number of hydrogen-bond donors (Lipinski definition) is 1. The summed E-state index contributed by atoms with van der Waals surface area (Å²) < 4.78 is 5.23. The normalized spacial score (nSPS) is 34.4. The van der Waals surface area contributed by atoms with Gasteiger partial charge in [-0.3, -0.25) is 4.79 Å². The molecule has 0 saturated heterocycles. The lowest BCUT2D eigenvalue weighted by Gasteiger charge is -2.56. The lowest BCUT2D eigenvalue weighted by Crippen LogP contribution is -2.47. The minimum atomic E-state index is 0.195. The number of carbonyl (C=O) groups excluding carboxylic acids is 1. The van der Waals surface area contributed by atoms with Crippen molar-refractivity contribution < 1.29 is 9.53 Å². The molecule has 5 rings (SSSR count). The molecule has 4 aliphatic rings. The molecule has 1 aromatic carbocycles. The van der Waals surface area contributed by atoms with E-state index in [9.17, 15) is 4.79 Å². The highest BCUT2D eigenvalue weighted by molar-refractivity contribution is 5.92. The van der Waals surface area contributed by atoms with E-state index in [1.807, 2.05) is 25.1 Å². The number of anilines is 1. The number of rotatable bonds is 4. The Bertz CT molecular complexity index is 587. The molecular weight excluding hydrogens is 286 g/mol. The number of methoxy groups -OCH3 is 1. The third-order valence-electron chi connectivity index (χ3n) is 6.41. The summed E-state index contributed by atoms with van der Waals surface area (Å²) in [4.78, 5) is 12.7. The average molecular weight is 313 g/mol. The number of carbonyl (C=O) groups is 1. The predicted octanol–water partition coefficient (Wildman–Crippen LogP) is 4.55. The monoisotopic (exact) mass is 313 g/mol. The van der Waals surface area contributed by atoms with Gasteiger partial charge in [0.05, 0.1) is 7.11 Å². The molecule has 4 fully saturated rings. The van der Waals surface area contributed by atoms with E-state index in [2.05, 4.69) is 5.32 Å². The SMILES string of the molecule is COc1ccc(NC(=O)CC23CC4CC(CC(C4)C2)C3)c(C)c1. The zero-order valence-corrected chi connectivity index (χ0v) is 14.2. The van der Waals surface area contributed by atoms with Gasteiger partial charge in [0.2, 0.25) is 5.91 Å². The maximum absolute atomic E-state index is 12.7. The van der Waals surface area contributed by atoms with Crippen LogP contribution in [0.25, 0.3) is 0 Å². The minimum absolute atomic E-state index is 0.195. The third kappa shape index (κ3) is 2.86. The van der Waals surface area contributed by atoms with E-state index in [4.69, 9.17) is 4.74 Å². The molecule has 0 aromatic heterocycles. The van der Waals surface area contributed by atoms with E-state index in [1.165, 1.54) is 38.5 Å². The summed E-state index contributed by atoms with van der Waals surface area (Å²) in [6.45, 7) is 2.02. The molecule has 124 valence electrons. The van der Waals surface area contributed by atoms with Crippen LogP contribution in [0, 0.1) is 30.1 Å². The molecule has 1 amide bonds. The zero-order valence-electron chi connectivity index (χ0n) is 14.2. The van der Waals surface area contributed by atoms with Crippen molar-refractivity contribution in [1.29, 1.82) is 0 Å². The molecule has 3 nitrogen and oxygen atoms in total. The molecule has 0 radical (unpaired) electrons. The summed E-state index contributed by atoms with van der Waals surface area (Å²) >= 11 is 0. The first kappa shape index (κ1) is 15.0. The van der Waals surface area contributed by atoms with E-state index < -0.39 is 0 Å². The molecule has 0 aliphatic heterocycles. The fraction of sp³-hybridized carbons (Fsp3) is 0.650. The van der Waals surface area contributed by atoms with E-state index in [0.29, 0.717) is 11.8 Å². The third-order valence-corrected chi connectivity index (χ3v) is 6.41. The van der Waals surface area contributed by atoms with Gasteiger partial charge in [-0.05, 0) is 92.4 Å². The van der Waals surface area contributed by atoms with E-state index in [0.717, 1.165) is 34.8 Å². The van der Waals surface area contributed by atoms with Gasteiger partial charge in [-0.1, -0.05) is 0 Å². The molecule has 4 saturated carbocycles. The van der Waals surface area contributed by atoms with Crippen LogP contribution in [0.1, 0.15) is 50.5 Å². The van der Waals surface area contributed by atoms with Crippen LogP contribution in [0.2, 0.25) is 0 Å². The van der Waals surface area contributed by atoms with Crippen LogP contribution in [0.5, 0.6) is 5.75 Å². The number of aryl methyl sites for hydroxylation is 1. The highest BCUT2D eigenvalue weighted by Crippen LogP contribution is 2.61. The first-order valence-corrected chi connectivity index (χ1v) is 9.00. The van der Waals surface area contributed by atoms with Crippen molar-refractivity contribution in [1.82, 2.24) is 0 Å². The van der Waals surface area contributed by atoms with Gasteiger partial charge < -0.3 is 10.1 Å². The molecule has 4 bridgehead atoms. The lowest BCUT2D eigenvalue weighted by atomic mass is 9.49. The van der Waals surface area contributed by atoms with Crippen molar-refractivity contribution in [3.8, 4) is 5.75 Å². The smallest absolute Gasteiger partial charge is 0.224 e. The molecule has 1 N–H and O–H groups in total. The Balaban J connectivity index is 1.44. The van der Waals surface area contributed by atoms with Crippen LogP contribution >= 0.6 is 0 Å². The number of nitrogens with one attached hydrogen (secondary N) is 1. The fourth-order valence-electron chi connectivity index (χ4n) is 5.94. The second kappa shape index (κ2) is 5.54. The maximum Gasteiger partial charge on any atom is 0.224 e. The van der Waals surface area contributed by atoms with E-state index in [-0.39, 0.29) is 5.91 Å². The van der Waals surface area contributed by atoms with Crippen LogP contribution in [-0.2, 0) is 4.79 Å². The van der Waals surface area contributed by atoms with Crippen LogP contribution in [-0.4, -0.2) is 13.0 Å². The summed E-state index contributed by atoms with van der Waals surface area (Å²) in [7, 11) is 1.67. The maximum atomic E-state index is 12.7. The Morgan fingerprint density at radius 3 is 2.30 bits per heavy atom. The summed E-state index contributed by atoms with van der Waals surface area (Å²) in [6.07, 6.45) is 8.85. The van der Waals surface area contributed by atoms with Gasteiger partial charge in [0.1, 0.15) is 5.75 Å². The van der Waals surface area contributed by atoms with Crippen molar-refractivity contribution in [2.45, 2.75) is 51.9 Å². The zero-order chi connectivity index (χ0) is 16.0. The summed E-state index contributed by atoms with van der Waals surface area (Å²) in [5, 5.41) is 3.14. The highest BCUT2D eigenvalue weighted by atomic mass is 16.5. The molecule has 4 aliphatic carbocycles. The Labute approximate surface area is 138 Å². The Kier molecular flexibility index (Phi) is 3.62. The van der Waals surface area contributed by atoms with E-state index in [1.54, 1.807) is 7.11 Å². The predicted molar refractivity (Wildman–Crippen MR) is 91.6 cm³/mol. The largest absolute Gasteiger partial charge is 0.497 e. The van der Waals surface area contributed by atoms with Crippen LogP contribution in [0.3, 0.4) is 0 Å². The van der Waals surface area contributed by atoms with Crippen LogP contribution in [0.15, 0.2) is 18.2 Å². The Hall–Kier alpha value is -1.51. The van der Waals surface area contributed by atoms with Crippen LogP contribution < -0.4 is 10.1 Å². The molecule has 23 heavy (non-hydrogen) atoms. The standard InChI is InChI=1S/C20H27NO2/c1-13-5-17(23-2)3-4-18(13)21-19(22)12-20-9-14-6-15(10-20)8-16(7-14)11-20/h3-5,14-16H,6-12H2,1-2H3,(H,21,22). The van der Waals surface area contributed by atoms with Gasteiger partial charge in [0.25, 0.3) is 0 Å². The van der Waals surface area contributed by atoms with Crippen molar-refractivity contribution in [2.24, 2.45) is 23.2 Å². The number of ether oxygens (including phenoxy) is 1. The molecular formula is C20H27NO2. The molecule has 0 atom stereocenters. The second-order valence-electron chi connectivity index (χ2n) is 8.32. The van der Waals surface area contributed by atoms with Gasteiger partial charge >= 0.3 is 0 Å². The molecule has 1 aromatic rings. The Morgan fingerprint density at radius 2 is 1.78 bits per heavy atom. The second-order valence-corrected chi connectivity index (χ2v) is 8.32. The van der Waals surface area contributed by atoms with Gasteiger partial charge in [0.15, 0.2) is 0 Å². The van der Waals surface area contributed by atoms with Gasteiger partial charge in [0, 0.05) is 12.1 Å². The fourth-order valence-corrected chi connectivity index (χ4v) is 5.94. The quantitative estimate of drug-likeness (QED) is 0.885. The van der Waals surface area contributed by atoms with Gasteiger partial charge in [-0.15, -0.1) is 0 Å². The van der Waals surface area contributed by atoms with E-state index >= 15 is 0 Å². The molecule has 0 spiro atoms. The summed E-state index contributed by atoms with van der Waals surface area (Å²) in [5.74, 6) is 3.73. The topological polar surface area (TPSA) is 38.3 Å². The average Bonchev–Trinajstić information content (AvgIpc) is 2.47. The molecule has 0 heterocycles. The molecule has 3 heteroatoms. The molecule has 0 unspecified atom stereocenters. The van der Waals surface area contributed by atoms with Crippen molar-refractivity contribution >= 4 is 11.6 Å². The van der Waals surface area contributed by atoms with Crippen molar-refractivity contribution in [3.05, 3.63) is 23.8 Å². The number of benzene rings is 1. The first-order chi connectivity index (χ1) is 11.0. The van der Waals surface area contributed by atoms with Crippen molar-refractivity contribution in [3.63, 3.8) is 0 Å². The number of amides is 1. The van der Waals surface area contributed by atoms with Gasteiger partial charge in [-0.2, -0.15) is 0 Å². The van der Waals surface area contributed by atoms with Crippen molar-refractivity contribution in [2.75, 3.05) is 12.4 Å². The van der Waals surface area contributed by atoms with Crippen LogP contribution in [0.4, 0.5) is 5.69 Å². The minimum Gasteiger partial charge on any atom is -0.497 e. The Morgan fingerprint density at radius 1 is 1.17 bits per heavy atom. The van der Waals surface area contributed by atoms with Gasteiger partial charge in [-0.25, -0.2) is 0 Å². The number of hydrogen-bond acceptors (Lipinski definition) is 2.